The van der Waals surface area contributed by atoms with Gasteiger partial charge in [-0.05, 0) is 25.7 Å². The Morgan fingerprint density at radius 1 is 1.53 bits per heavy atom. The molecule has 0 aromatic carbocycles. The van der Waals surface area contributed by atoms with Crippen LogP contribution in [0.1, 0.15) is 40.5 Å². The minimum absolute atomic E-state index is 0.0380. The summed E-state index contributed by atoms with van der Waals surface area (Å²) in [6.45, 7) is 7.64. The van der Waals surface area contributed by atoms with E-state index in [4.69, 9.17) is 10.8 Å². The third kappa shape index (κ3) is 5.14. The number of carbonyl (C=O) groups is 1. The minimum Gasteiger partial charge on any atom is -0.394 e. The highest BCUT2D eigenvalue weighted by molar-refractivity contribution is 5.85. The fraction of sp³-hybridized carbons (Fsp3) is 0.909. The zero-order valence-corrected chi connectivity index (χ0v) is 10.2. The zero-order valence-electron chi connectivity index (χ0n) is 10.2. The SMILES string of the molecule is CCC(C)(N)C(=O)NC(CO)CC(C)C. The van der Waals surface area contributed by atoms with Crippen LogP contribution in [-0.2, 0) is 4.79 Å². The van der Waals surface area contributed by atoms with E-state index in [2.05, 4.69) is 19.2 Å². The molecule has 2 unspecified atom stereocenters. The van der Waals surface area contributed by atoms with Gasteiger partial charge in [-0.2, -0.15) is 0 Å². The summed E-state index contributed by atoms with van der Waals surface area (Å²) >= 11 is 0. The number of aliphatic hydroxyl groups excluding tert-OH is 1. The van der Waals surface area contributed by atoms with Crippen molar-refractivity contribution in [1.29, 1.82) is 0 Å². The molecule has 1 amide bonds. The van der Waals surface area contributed by atoms with Crippen LogP contribution in [0, 0.1) is 5.92 Å². The summed E-state index contributed by atoms with van der Waals surface area (Å²) in [5.41, 5.74) is 4.96. The third-order valence-electron chi connectivity index (χ3n) is 2.56. The third-order valence-corrected chi connectivity index (χ3v) is 2.56. The molecule has 0 aromatic heterocycles. The predicted octanol–water partition coefficient (Wildman–Crippen LogP) is 0.637. The molecular weight excluding hydrogens is 192 g/mol. The zero-order chi connectivity index (χ0) is 12.1. The number of carbonyl (C=O) groups excluding carboxylic acids is 1. The van der Waals surface area contributed by atoms with Crippen molar-refractivity contribution in [1.82, 2.24) is 5.32 Å². The normalized spacial score (nSPS) is 17.3. The van der Waals surface area contributed by atoms with Crippen LogP contribution in [0.3, 0.4) is 0 Å². The van der Waals surface area contributed by atoms with E-state index in [1.807, 2.05) is 6.92 Å². The van der Waals surface area contributed by atoms with Gasteiger partial charge in [-0.15, -0.1) is 0 Å². The van der Waals surface area contributed by atoms with E-state index in [1.54, 1.807) is 6.92 Å². The van der Waals surface area contributed by atoms with Crippen molar-refractivity contribution in [2.75, 3.05) is 6.61 Å². The van der Waals surface area contributed by atoms with E-state index in [9.17, 15) is 4.79 Å². The molecule has 0 spiro atoms. The highest BCUT2D eigenvalue weighted by Crippen LogP contribution is 2.08. The molecule has 0 radical (unpaired) electrons. The Labute approximate surface area is 92.2 Å². The summed E-state index contributed by atoms with van der Waals surface area (Å²) in [4.78, 5) is 11.7. The first kappa shape index (κ1) is 14.4. The summed E-state index contributed by atoms with van der Waals surface area (Å²) in [7, 11) is 0. The first-order chi connectivity index (χ1) is 6.83. The number of amides is 1. The van der Waals surface area contributed by atoms with Gasteiger partial charge in [0.25, 0.3) is 0 Å². The molecule has 2 atom stereocenters. The topological polar surface area (TPSA) is 75.4 Å². The molecule has 0 aromatic rings. The van der Waals surface area contributed by atoms with E-state index in [1.165, 1.54) is 0 Å². The van der Waals surface area contributed by atoms with Gasteiger partial charge >= 0.3 is 0 Å². The molecule has 0 saturated carbocycles. The quantitative estimate of drug-likeness (QED) is 0.610. The molecule has 0 aliphatic heterocycles. The number of nitrogens with two attached hydrogens (primary N) is 1. The van der Waals surface area contributed by atoms with Crippen LogP contribution in [0.2, 0.25) is 0 Å². The average Bonchev–Trinajstić information content (AvgIpc) is 2.15. The Balaban J connectivity index is 4.24. The summed E-state index contributed by atoms with van der Waals surface area (Å²) in [5.74, 6) is 0.248. The van der Waals surface area contributed by atoms with Gasteiger partial charge in [-0.3, -0.25) is 4.79 Å². The fourth-order valence-electron chi connectivity index (χ4n) is 1.26. The van der Waals surface area contributed by atoms with Crippen molar-refractivity contribution in [2.45, 2.75) is 52.1 Å². The second-order valence-electron chi connectivity index (χ2n) is 4.75. The molecule has 0 bridgehead atoms. The van der Waals surface area contributed by atoms with Crippen LogP contribution in [0.15, 0.2) is 0 Å². The van der Waals surface area contributed by atoms with Gasteiger partial charge < -0.3 is 16.2 Å². The van der Waals surface area contributed by atoms with E-state index in [0.717, 1.165) is 6.42 Å². The maximum absolute atomic E-state index is 11.7. The molecule has 4 nitrogen and oxygen atoms in total. The molecule has 4 heteroatoms. The van der Waals surface area contributed by atoms with E-state index < -0.39 is 5.54 Å². The average molecular weight is 216 g/mol. The Bertz CT molecular complexity index is 203. The Hall–Kier alpha value is -0.610. The molecule has 4 N–H and O–H groups in total. The number of nitrogens with one attached hydrogen (secondary N) is 1. The summed E-state index contributed by atoms with van der Waals surface area (Å²) in [6.07, 6.45) is 1.35. The molecule has 0 saturated heterocycles. The van der Waals surface area contributed by atoms with Crippen molar-refractivity contribution in [3.63, 3.8) is 0 Å². The van der Waals surface area contributed by atoms with Gasteiger partial charge in [0.05, 0.1) is 18.2 Å². The molecule has 0 rings (SSSR count). The second kappa shape index (κ2) is 6.08. The number of rotatable bonds is 6. The lowest BCUT2D eigenvalue weighted by Gasteiger charge is -2.26. The van der Waals surface area contributed by atoms with Crippen LogP contribution >= 0.6 is 0 Å². The molecule has 0 fully saturated rings. The van der Waals surface area contributed by atoms with Gasteiger partial charge in [-0.25, -0.2) is 0 Å². The van der Waals surface area contributed by atoms with E-state index in [-0.39, 0.29) is 18.6 Å². The first-order valence-corrected chi connectivity index (χ1v) is 5.54. The predicted molar refractivity (Wildman–Crippen MR) is 61.4 cm³/mol. The molecule has 0 aliphatic carbocycles. The first-order valence-electron chi connectivity index (χ1n) is 5.54. The monoisotopic (exact) mass is 216 g/mol. The van der Waals surface area contributed by atoms with E-state index >= 15 is 0 Å². The highest BCUT2D eigenvalue weighted by atomic mass is 16.3. The van der Waals surface area contributed by atoms with Crippen molar-refractivity contribution in [3.8, 4) is 0 Å². The highest BCUT2D eigenvalue weighted by Gasteiger charge is 2.27. The van der Waals surface area contributed by atoms with Crippen molar-refractivity contribution in [3.05, 3.63) is 0 Å². The second-order valence-corrected chi connectivity index (χ2v) is 4.75. The molecule has 15 heavy (non-hydrogen) atoms. The Kier molecular flexibility index (Phi) is 5.83. The van der Waals surface area contributed by atoms with Crippen molar-refractivity contribution < 1.29 is 9.90 Å². The lowest BCUT2D eigenvalue weighted by atomic mass is 9.97. The summed E-state index contributed by atoms with van der Waals surface area (Å²) in [6, 6.07) is -0.188. The van der Waals surface area contributed by atoms with Gasteiger partial charge in [0, 0.05) is 0 Å². The summed E-state index contributed by atoms with van der Waals surface area (Å²) in [5, 5.41) is 11.9. The largest absolute Gasteiger partial charge is 0.394 e. The lowest BCUT2D eigenvalue weighted by molar-refractivity contribution is -0.127. The Morgan fingerprint density at radius 3 is 2.40 bits per heavy atom. The van der Waals surface area contributed by atoms with Crippen molar-refractivity contribution in [2.24, 2.45) is 11.7 Å². The lowest BCUT2D eigenvalue weighted by Crippen LogP contribution is -2.54. The number of hydrogen-bond donors (Lipinski definition) is 3. The van der Waals surface area contributed by atoms with Crippen molar-refractivity contribution >= 4 is 5.91 Å². The maximum Gasteiger partial charge on any atom is 0.240 e. The van der Waals surface area contributed by atoms with Crippen LogP contribution in [0.4, 0.5) is 0 Å². The number of hydrogen-bond acceptors (Lipinski definition) is 3. The molecular formula is C11H24N2O2. The molecule has 90 valence electrons. The van der Waals surface area contributed by atoms with Gasteiger partial charge in [0.1, 0.15) is 0 Å². The summed E-state index contributed by atoms with van der Waals surface area (Å²) < 4.78 is 0. The van der Waals surface area contributed by atoms with Crippen LogP contribution < -0.4 is 11.1 Å². The Morgan fingerprint density at radius 2 is 2.07 bits per heavy atom. The standard InChI is InChI=1S/C11H24N2O2/c1-5-11(4,12)10(15)13-9(7-14)6-8(2)3/h8-9,14H,5-7,12H2,1-4H3,(H,13,15). The van der Waals surface area contributed by atoms with Gasteiger partial charge in [0.2, 0.25) is 5.91 Å². The van der Waals surface area contributed by atoms with Crippen LogP contribution in [-0.4, -0.2) is 29.2 Å². The van der Waals surface area contributed by atoms with E-state index in [0.29, 0.717) is 12.3 Å². The maximum atomic E-state index is 11.7. The van der Waals surface area contributed by atoms with Crippen LogP contribution in [0.25, 0.3) is 0 Å². The fourth-order valence-corrected chi connectivity index (χ4v) is 1.26. The molecule has 0 heterocycles. The minimum atomic E-state index is -0.843. The van der Waals surface area contributed by atoms with Gasteiger partial charge in [-0.1, -0.05) is 20.8 Å². The smallest absolute Gasteiger partial charge is 0.240 e. The van der Waals surface area contributed by atoms with Crippen LogP contribution in [0.5, 0.6) is 0 Å². The molecule has 0 aliphatic rings. The van der Waals surface area contributed by atoms with Gasteiger partial charge in [0.15, 0.2) is 0 Å². The number of aliphatic hydroxyl groups is 1.